The summed E-state index contributed by atoms with van der Waals surface area (Å²) in [5, 5.41) is 16.5. The van der Waals surface area contributed by atoms with E-state index >= 15 is 0 Å². The van der Waals surface area contributed by atoms with Crippen LogP contribution in [0.15, 0.2) is 4.42 Å². The third-order valence-corrected chi connectivity index (χ3v) is 3.50. The zero-order valence-electron chi connectivity index (χ0n) is 10.6. The van der Waals surface area contributed by atoms with Crippen LogP contribution >= 0.6 is 0 Å². The molecule has 18 heavy (non-hydrogen) atoms. The molecule has 0 saturated heterocycles. The number of hydrogen-bond acceptors (Lipinski definition) is 4. The fraction of sp³-hybridized carbons (Fsp3) is 0.769. The van der Waals surface area contributed by atoms with Crippen molar-refractivity contribution in [3.05, 3.63) is 11.8 Å². The van der Waals surface area contributed by atoms with Crippen LogP contribution in [0.3, 0.4) is 0 Å². The normalized spacial score (nSPS) is 17.6. The van der Waals surface area contributed by atoms with E-state index in [-0.39, 0.29) is 6.42 Å². The van der Waals surface area contributed by atoms with Gasteiger partial charge in [0.2, 0.25) is 11.8 Å². The Bertz CT molecular complexity index is 381. The highest BCUT2D eigenvalue weighted by molar-refractivity contribution is 5.66. The van der Waals surface area contributed by atoms with E-state index in [9.17, 15) is 4.79 Å². The zero-order valence-corrected chi connectivity index (χ0v) is 10.6. The van der Waals surface area contributed by atoms with Crippen molar-refractivity contribution in [2.45, 2.75) is 57.8 Å². The van der Waals surface area contributed by atoms with E-state index in [1.807, 2.05) is 0 Å². The molecule has 100 valence electrons. The third kappa shape index (κ3) is 4.13. The summed E-state index contributed by atoms with van der Waals surface area (Å²) < 4.78 is 5.49. The van der Waals surface area contributed by atoms with E-state index in [0.29, 0.717) is 24.1 Å². The van der Waals surface area contributed by atoms with Crippen molar-refractivity contribution >= 4 is 5.97 Å². The number of hydrogen-bond donors (Lipinski definition) is 1. The molecule has 2 rings (SSSR count). The smallest absolute Gasteiger partial charge is 0.303 e. The van der Waals surface area contributed by atoms with Gasteiger partial charge in [-0.25, -0.2) is 0 Å². The van der Waals surface area contributed by atoms with Crippen molar-refractivity contribution in [3.63, 3.8) is 0 Å². The molecule has 1 fully saturated rings. The van der Waals surface area contributed by atoms with Gasteiger partial charge in [0.25, 0.3) is 0 Å². The Balaban J connectivity index is 1.83. The van der Waals surface area contributed by atoms with Gasteiger partial charge >= 0.3 is 5.97 Å². The van der Waals surface area contributed by atoms with E-state index in [2.05, 4.69) is 10.2 Å². The fourth-order valence-corrected chi connectivity index (χ4v) is 2.50. The predicted octanol–water partition coefficient (Wildman–Crippen LogP) is 2.60. The average Bonchev–Trinajstić information content (AvgIpc) is 2.62. The molecule has 1 aromatic heterocycles. The van der Waals surface area contributed by atoms with Crippen LogP contribution in [0.4, 0.5) is 0 Å². The number of carbonyl (C=O) groups is 1. The van der Waals surface area contributed by atoms with Crippen LogP contribution in [0.5, 0.6) is 0 Å². The number of aromatic nitrogens is 2. The van der Waals surface area contributed by atoms with Gasteiger partial charge in [-0.3, -0.25) is 4.79 Å². The molecule has 0 amide bonds. The first-order valence-electron chi connectivity index (χ1n) is 6.77. The van der Waals surface area contributed by atoms with Gasteiger partial charge in [0.1, 0.15) is 0 Å². The summed E-state index contributed by atoms with van der Waals surface area (Å²) in [6, 6.07) is 0. The Hall–Kier alpha value is -1.39. The monoisotopic (exact) mass is 252 g/mol. The van der Waals surface area contributed by atoms with Crippen molar-refractivity contribution < 1.29 is 14.3 Å². The van der Waals surface area contributed by atoms with E-state index in [4.69, 9.17) is 9.52 Å². The molecule has 1 aliphatic rings. The Morgan fingerprint density at radius 3 is 2.50 bits per heavy atom. The van der Waals surface area contributed by atoms with Crippen molar-refractivity contribution in [1.82, 2.24) is 10.2 Å². The quantitative estimate of drug-likeness (QED) is 0.815. The molecule has 0 radical (unpaired) electrons. The first kappa shape index (κ1) is 13.1. The summed E-state index contributed by atoms with van der Waals surface area (Å²) in [6.07, 6.45) is 8.97. The third-order valence-electron chi connectivity index (χ3n) is 3.50. The lowest BCUT2D eigenvalue weighted by Crippen LogP contribution is -2.03. The lowest BCUT2D eigenvalue weighted by Gasteiger charge is -2.10. The first-order valence-corrected chi connectivity index (χ1v) is 6.77. The maximum absolute atomic E-state index is 10.4. The van der Waals surface area contributed by atoms with E-state index in [1.165, 1.54) is 38.5 Å². The number of rotatable bonds is 5. The minimum absolute atomic E-state index is 0.0467. The second-order valence-corrected chi connectivity index (χ2v) is 5.04. The fourth-order valence-electron chi connectivity index (χ4n) is 2.50. The molecule has 0 atom stereocenters. The van der Waals surface area contributed by atoms with Crippen molar-refractivity contribution in [1.29, 1.82) is 0 Å². The summed E-state index contributed by atoms with van der Waals surface area (Å²) >= 11 is 0. The minimum atomic E-state index is -0.835. The molecule has 0 aliphatic heterocycles. The number of nitrogens with zero attached hydrogens (tertiary/aromatic N) is 2. The molecule has 5 heteroatoms. The van der Waals surface area contributed by atoms with Gasteiger partial charge in [-0.2, -0.15) is 0 Å². The molecule has 1 N–H and O–H groups in total. The Morgan fingerprint density at radius 2 is 1.83 bits per heavy atom. The van der Waals surface area contributed by atoms with Gasteiger partial charge in [-0.15, -0.1) is 10.2 Å². The second kappa shape index (κ2) is 6.52. The van der Waals surface area contributed by atoms with Crippen LogP contribution in [0.2, 0.25) is 0 Å². The average molecular weight is 252 g/mol. The maximum atomic E-state index is 10.4. The highest BCUT2D eigenvalue weighted by Crippen LogP contribution is 2.25. The lowest BCUT2D eigenvalue weighted by molar-refractivity contribution is -0.137. The summed E-state index contributed by atoms with van der Waals surface area (Å²) in [7, 11) is 0. The number of carboxylic acid groups (broad SMARTS) is 1. The molecule has 0 unspecified atom stereocenters. The van der Waals surface area contributed by atoms with Crippen molar-refractivity contribution in [2.24, 2.45) is 5.92 Å². The molecule has 1 heterocycles. The van der Waals surface area contributed by atoms with Crippen molar-refractivity contribution in [3.8, 4) is 0 Å². The van der Waals surface area contributed by atoms with Gasteiger partial charge in [0, 0.05) is 12.8 Å². The maximum Gasteiger partial charge on any atom is 0.303 e. The summed E-state index contributed by atoms with van der Waals surface area (Å²) in [5.41, 5.74) is 0. The van der Waals surface area contributed by atoms with Crippen LogP contribution in [-0.4, -0.2) is 21.3 Å². The predicted molar refractivity (Wildman–Crippen MR) is 65.2 cm³/mol. The molecule has 0 bridgehead atoms. The molecule has 1 aromatic rings. The Morgan fingerprint density at radius 1 is 1.17 bits per heavy atom. The van der Waals surface area contributed by atoms with Crippen LogP contribution < -0.4 is 0 Å². The standard InChI is InChI=1S/C13H20N2O3/c16-13(17)8-7-11-14-15-12(18-11)9-10-5-3-1-2-4-6-10/h10H,1-9H2,(H,16,17). The molecule has 1 aliphatic carbocycles. The zero-order chi connectivity index (χ0) is 12.8. The topological polar surface area (TPSA) is 76.2 Å². The van der Waals surface area contributed by atoms with E-state index in [1.54, 1.807) is 0 Å². The highest BCUT2D eigenvalue weighted by Gasteiger charge is 2.16. The molecule has 5 nitrogen and oxygen atoms in total. The first-order chi connectivity index (χ1) is 8.74. The van der Waals surface area contributed by atoms with Gasteiger partial charge in [0.15, 0.2) is 0 Å². The van der Waals surface area contributed by atoms with Gasteiger partial charge in [0.05, 0.1) is 6.42 Å². The second-order valence-electron chi connectivity index (χ2n) is 5.04. The molecule has 0 aromatic carbocycles. The number of aryl methyl sites for hydroxylation is 1. The van der Waals surface area contributed by atoms with E-state index < -0.39 is 5.97 Å². The highest BCUT2D eigenvalue weighted by atomic mass is 16.4. The van der Waals surface area contributed by atoms with E-state index in [0.717, 1.165) is 6.42 Å². The van der Waals surface area contributed by atoms with Gasteiger partial charge in [-0.1, -0.05) is 25.7 Å². The number of aliphatic carboxylic acids is 1. The Kier molecular flexibility index (Phi) is 4.73. The largest absolute Gasteiger partial charge is 0.481 e. The van der Waals surface area contributed by atoms with Crippen molar-refractivity contribution in [2.75, 3.05) is 0 Å². The SMILES string of the molecule is O=C(O)CCc1nnc(CC2CCCCCC2)o1. The summed E-state index contributed by atoms with van der Waals surface area (Å²) in [5.74, 6) is 0.933. The van der Waals surface area contributed by atoms with Crippen LogP contribution in [0.1, 0.15) is 56.7 Å². The summed E-state index contributed by atoms with van der Waals surface area (Å²) in [4.78, 5) is 10.4. The molecular weight excluding hydrogens is 232 g/mol. The van der Waals surface area contributed by atoms with Crippen LogP contribution in [0.25, 0.3) is 0 Å². The van der Waals surface area contributed by atoms with Gasteiger partial charge < -0.3 is 9.52 Å². The summed E-state index contributed by atoms with van der Waals surface area (Å²) in [6.45, 7) is 0. The lowest BCUT2D eigenvalue weighted by atomic mass is 9.97. The molecular formula is C13H20N2O3. The van der Waals surface area contributed by atoms with Crippen LogP contribution in [0, 0.1) is 5.92 Å². The molecule has 1 saturated carbocycles. The van der Waals surface area contributed by atoms with Gasteiger partial charge in [-0.05, 0) is 18.8 Å². The molecule has 0 spiro atoms. The van der Waals surface area contributed by atoms with Crippen LogP contribution in [-0.2, 0) is 17.6 Å². The number of carboxylic acids is 1. The Labute approximate surface area is 107 Å². The minimum Gasteiger partial charge on any atom is -0.481 e.